The van der Waals surface area contributed by atoms with Crippen LogP contribution in [0, 0.1) is 11.8 Å². The van der Waals surface area contributed by atoms with E-state index in [4.69, 9.17) is 9.72 Å². The number of imidazole rings is 1. The quantitative estimate of drug-likeness (QED) is 0.383. The number of carbonyl (C=O) groups is 1. The molecule has 1 atom stereocenters. The van der Waals surface area contributed by atoms with Crippen LogP contribution in [0.5, 0.6) is 0 Å². The maximum atomic E-state index is 13.4. The van der Waals surface area contributed by atoms with Gasteiger partial charge in [0.25, 0.3) is 0 Å². The summed E-state index contributed by atoms with van der Waals surface area (Å²) >= 11 is 0. The number of benzene rings is 1. The molecule has 0 N–H and O–H groups in total. The van der Waals surface area contributed by atoms with Crippen molar-refractivity contribution in [3.8, 4) is 0 Å². The highest BCUT2D eigenvalue weighted by Crippen LogP contribution is 2.38. The summed E-state index contributed by atoms with van der Waals surface area (Å²) in [6.45, 7) is 7.81. The number of para-hydroxylation sites is 1. The van der Waals surface area contributed by atoms with E-state index >= 15 is 0 Å². The van der Waals surface area contributed by atoms with E-state index in [1.54, 1.807) is 0 Å². The number of hydrogen-bond acceptors (Lipinski definition) is 3. The van der Waals surface area contributed by atoms with Crippen LogP contribution in [0.1, 0.15) is 108 Å². The Kier molecular flexibility index (Phi) is 8.66. The first-order valence-electron chi connectivity index (χ1n) is 15.0. The van der Waals surface area contributed by atoms with Crippen molar-refractivity contribution in [2.75, 3.05) is 19.8 Å². The van der Waals surface area contributed by atoms with Crippen LogP contribution in [0.4, 0.5) is 0 Å². The molecular formula is C31H47N3O2. The maximum Gasteiger partial charge on any atom is 0.224 e. The van der Waals surface area contributed by atoms with Crippen molar-refractivity contribution in [1.82, 2.24) is 14.5 Å². The van der Waals surface area contributed by atoms with Crippen LogP contribution in [-0.4, -0.2) is 46.2 Å². The highest BCUT2D eigenvalue weighted by molar-refractivity contribution is 5.81. The molecule has 0 unspecified atom stereocenters. The molecule has 5 rings (SSSR count). The van der Waals surface area contributed by atoms with Gasteiger partial charge in [0.1, 0.15) is 5.82 Å². The molecule has 2 saturated carbocycles. The van der Waals surface area contributed by atoms with E-state index in [2.05, 4.69) is 41.5 Å². The number of amides is 1. The predicted molar refractivity (Wildman–Crippen MR) is 146 cm³/mol. The molecule has 36 heavy (non-hydrogen) atoms. The van der Waals surface area contributed by atoms with Gasteiger partial charge in [0.15, 0.2) is 0 Å². The average molecular weight is 494 g/mol. The second-order valence-electron chi connectivity index (χ2n) is 11.7. The van der Waals surface area contributed by atoms with Gasteiger partial charge in [0.2, 0.25) is 5.91 Å². The minimum atomic E-state index is 0.325. The van der Waals surface area contributed by atoms with Crippen LogP contribution in [0.15, 0.2) is 18.2 Å². The molecule has 1 amide bonds. The fraction of sp³-hybridized carbons (Fsp3) is 0.742. The summed E-state index contributed by atoms with van der Waals surface area (Å²) in [5.41, 5.74) is 3.76. The highest BCUT2D eigenvalue weighted by Gasteiger charge is 2.29. The van der Waals surface area contributed by atoms with Gasteiger partial charge in [0.05, 0.1) is 11.0 Å². The molecule has 0 spiro atoms. The number of aryl methyl sites for hydroxylation is 1. The van der Waals surface area contributed by atoms with Crippen LogP contribution < -0.4 is 0 Å². The summed E-state index contributed by atoms with van der Waals surface area (Å²) in [6.07, 6.45) is 15.3. The SMILES string of the molecule is CCC1CCC(c2nc3c(C[C@H]4CCOC4)cccc3n2CCC(=O)N(CC)C2CCCCC2)CC1. The van der Waals surface area contributed by atoms with Crippen LogP contribution in [0.3, 0.4) is 0 Å². The third kappa shape index (κ3) is 5.66. The van der Waals surface area contributed by atoms with Crippen molar-refractivity contribution in [3.63, 3.8) is 0 Å². The van der Waals surface area contributed by atoms with Crippen molar-refractivity contribution in [2.24, 2.45) is 11.8 Å². The smallest absolute Gasteiger partial charge is 0.224 e. The monoisotopic (exact) mass is 493 g/mol. The van der Waals surface area contributed by atoms with Gasteiger partial charge in [-0.2, -0.15) is 0 Å². The van der Waals surface area contributed by atoms with E-state index in [-0.39, 0.29) is 0 Å². The normalized spacial score (nSPS) is 25.4. The Hall–Kier alpha value is -1.88. The summed E-state index contributed by atoms with van der Waals surface area (Å²) in [4.78, 5) is 21.0. The molecule has 198 valence electrons. The molecule has 5 heteroatoms. The highest BCUT2D eigenvalue weighted by atomic mass is 16.5. The topological polar surface area (TPSA) is 47.4 Å². The molecule has 1 saturated heterocycles. The number of hydrogen-bond donors (Lipinski definition) is 0. The molecule has 0 bridgehead atoms. The molecule has 1 aromatic heterocycles. The Morgan fingerprint density at radius 2 is 1.83 bits per heavy atom. The van der Waals surface area contributed by atoms with Crippen LogP contribution in [0.25, 0.3) is 11.0 Å². The number of carbonyl (C=O) groups excluding carboxylic acids is 1. The lowest BCUT2D eigenvalue weighted by molar-refractivity contribution is -0.134. The number of rotatable bonds is 9. The van der Waals surface area contributed by atoms with Gasteiger partial charge in [-0.3, -0.25) is 4.79 Å². The van der Waals surface area contributed by atoms with E-state index in [0.29, 0.717) is 30.2 Å². The van der Waals surface area contributed by atoms with E-state index in [1.807, 2.05) is 0 Å². The minimum absolute atomic E-state index is 0.325. The van der Waals surface area contributed by atoms with Gasteiger partial charge < -0.3 is 14.2 Å². The fourth-order valence-electron chi connectivity index (χ4n) is 7.20. The molecule has 2 aromatic rings. The summed E-state index contributed by atoms with van der Waals surface area (Å²) in [5, 5.41) is 0. The lowest BCUT2D eigenvalue weighted by atomic mass is 9.80. The number of aromatic nitrogens is 2. The minimum Gasteiger partial charge on any atom is -0.381 e. The Labute approximate surface area is 218 Å². The second kappa shape index (κ2) is 12.1. The summed E-state index contributed by atoms with van der Waals surface area (Å²) in [7, 11) is 0. The van der Waals surface area contributed by atoms with E-state index in [1.165, 1.54) is 86.6 Å². The lowest BCUT2D eigenvalue weighted by Crippen LogP contribution is -2.41. The second-order valence-corrected chi connectivity index (χ2v) is 11.7. The summed E-state index contributed by atoms with van der Waals surface area (Å²) in [5.74, 6) is 3.54. The van der Waals surface area contributed by atoms with Crippen molar-refractivity contribution in [2.45, 2.75) is 116 Å². The van der Waals surface area contributed by atoms with Gasteiger partial charge >= 0.3 is 0 Å². The van der Waals surface area contributed by atoms with Crippen LogP contribution in [0.2, 0.25) is 0 Å². The van der Waals surface area contributed by atoms with Gasteiger partial charge in [-0.1, -0.05) is 44.7 Å². The number of fused-ring (bicyclic) bond motifs is 1. The molecule has 2 heterocycles. The predicted octanol–water partition coefficient (Wildman–Crippen LogP) is 6.87. The fourth-order valence-corrected chi connectivity index (χ4v) is 7.20. The van der Waals surface area contributed by atoms with Crippen LogP contribution in [-0.2, 0) is 22.5 Å². The molecular weight excluding hydrogens is 446 g/mol. The van der Waals surface area contributed by atoms with Gasteiger partial charge in [0, 0.05) is 44.7 Å². The third-order valence-corrected chi connectivity index (χ3v) is 9.44. The van der Waals surface area contributed by atoms with Gasteiger partial charge in [-0.25, -0.2) is 4.98 Å². The van der Waals surface area contributed by atoms with E-state index in [9.17, 15) is 4.79 Å². The number of ether oxygens (including phenoxy) is 1. The molecule has 1 aliphatic heterocycles. The van der Waals surface area contributed by atoms with Crippen molar-refractivity contribution in [3.05, 3.63) is 29.6 Å². The maximum absolute atomic E-state index is 13.4. The Morgan fingerprint density at radius 1 is 1.03 bits per heavy atom. The van der Waals surface area contributed by atoms with Crippen molar-refractivity contribution >= 4 is 16.9 Å². The molecule has 3 fully saturated rings. The lowest BCUT2D eigenvalue weighted by Gasteiger charge is -2.34. The Bertz CT molecular complexity index is 995. The zero-order chi connectivity index (χ0) is 24.9. The zero-order valence-electron chi connectivity index (χ0n) is 22.7. The molecule has 0 radical (unpaired) electrons. The van der Waals surface area contributed by atoms with Gasteiger partial charge in [-0.05, 0) is 81.8 Å². The van der Waals surface area contributed by atoms with E-state index < -0.39 is 0 Å². The Balaban J connectivity index is 1.40. The Morgan fingerprint density at radius 3 is 2.53 bits per heavy atom. The van der Waals surface area contributed by atoms with Crippen LogP contribution >= 0.6 is 0 Å². The first kappa shape index (κ1) is 25.8. The summed E-state index contributed by atoms with van der Waals surface area (Å²) in [6, 6.07) is 7.15. The molecule has 2 aliphatic carbocycles. The van der Waals surface area contributed by atoms with Crippen molar-refractivity contribution in [1.29, 1.82) is 0 Å². The molecule has 1 aromatic carbocycles. The van der Waals surface area contributed by atoms with Gasteiger partial charge in [-0.15, -0.1) is 0 Å². The third-order valence-electron chi connectivity index (χ3n) is 9.44. The average Bonchev–Trinajstić information content (AvgIpc) is 3.57. The molecule has 3 aliphatic rings. The first-order valence-corrected chi connectivity index (χ1v) is 15.0. The zero-order valence-corrected chi connectivity index (χ0v) is 22.7. The molecule has 5 nitrogen and oxygen atoms in total. The summed E-state index contributed by atoms with van der Waals surface area (Å²) < 4.78 is 8.10. The number of nitrogens with zero attached hydrogens (tertiary/aromatic N) is 3. The van der Waals surface area contributed by atoms with Crippen molar-refractivity contribution < 1.29 is 9.53 Å². The van der Waals surface area contributed by atoms with E-state index in [0.717, 1.165) is 45.1 Å². The largest absolute Gasteiger partial charge is 0.381 e. The standard InChI is InChI=1S/C31H47N3O2/c1-3-23-13-15-25(16-14-23)31-32-30-26(21-24-18-20-36-22-24)9-8-12-28(30)34(31)19-17-29(35)33(4-2)27-10-6-5-7-11-27/h8-9,12,23-25,27H,3-7,10-11,13-22H2,1-2H3/t23?,24-,25?/m1/s1. The first-order chi connectivity index (χ1) is 17.7.